The first kappa shape index (κ1) is 24.4. The lowest BCUT2D eigenvalue weighted by Gasteiger charge is -2.41. The Bertz CT molecular complexity index is 1980. The van der Waals surface area contributed by atoms with E-state index in [9.17, 15) is 35.1 Å². The van der Waals surface area contributed by atoms with Crippen LogP contribution in [0.25, 0.3) is 43.6 Å². The summed E-state index contributed by atoms with van der Waals surface area (Å²) in [5.41, 5.74) is 1.94. The number of hydrogen-bond donors (Lipinski definition) is 7. The molecule has 1 saturated heterocycles. The first-order valence-electron chi connectivity index (χ1n) is 13.0. The van der Waals surface area contributed by atoms with E-state index in [1.807, 2.05) is 0 Å². The number of rotatable bonds is 2. The number of hydrogen-bond acceptors (Lipinski definition) is 10. The summed E-state index contributed by atoms with van der Waals surface area (Å²) in [7, 11) is 0. The van der Waals surface area contributed by atoms with Gasteiger partial charge in [0.25, 0.3) is 11.8 Å². The quantitative estimate of drug-likeness (QED) is 0.151. The van der Waals surface area contributed by atoms with Gasteiger partial charge >= 0.3 is 0 Å². The van der Waals surface area contributed by atoms with Crippen LogP contribution in [0.1, 0.15) is 26.9 Å². The number of aliphatic hydroxyl groups is 4. The van der Waals surface area contributed by atoms with E-state index in [4.69, 9.17) is 14.2 Å². The molecule has 13 nitrogen and oxygen atoms in total. The zero-order valence-electron chi connectivity index (χ0n) is 21.1. The number of nitrogens with one attached hydrogen (secondary N) is 2. The maximum atomic E-state index is 13.4. The van der Waals surface area contributed by atoms with E-state index in [0.29, 0.717) is 68.3 Å². The number of aromatic nitrogens is 2. The molecular formula is C28H23N3O10. The van der Waals surface area contributed by atoms with Gasteiger partial charge in [0.15, 0.2) is 17.7 Å². The molecular weight excluding hydrogens is 538 g/mol. The highest BCUT2D eigenvalue weighted by Gasteiger charge is 2.46. The molecule has 3 aliphatic heterocycles. The molecule has 0 saturated carbocycles. The van der Waals surface area contributed by atoms with Crippen LogP contribution in [0.2, 0.25) is 0 Å². The van der Waals surface area contributed by atoms with Crippen LogP contribution < -0.4 is 14.8 Å². The van der Waals surface area contributed by atoms with Crippen molar-refractivity contribution in [2.45, 2.75) is 30.6 Å². The lowest BCUT2D eigenvalue weighted by molar-refractivity contribution is -0.249. The fraction of sp³-hybridized carbons (Fsp3) is 0.286. The van der Waals surface area contributed by atoms with Crippen molar-refractivity contribution in [3.63, 3.8) is 0 Å². The third-order valence-electron chi connectivity index (χ3n) is 8.24. The molecule has 5 atom stereocenters. The Balaban J connectivity index is 1.57. The number of fused-ring (bicyclic) bond motifs is 11. The van der Waals surface area contributed by atoms with Gasteiger partial charge in [-0.05, 0) is 24.3 Å². The average molecular weight is 562 g/mol. The fourth-order valence-electron chi connectivity index (χ4n) is 6.46. The van der Waals surface area contributed by atoms with Crippen molar-refractivity contribution in [1.82, 2.24) is 14.9 Å². The molecule has 2 aromatic heterocycles. The Morgan fingerprint density at radius 2 is 1.59 bits per heavy atom. The second kappa shape index (κ2) is 8.31. The minimum Gasteiger partial charge on any atom is -0.508 e. The van der Waals surface area contributed by atoms with Crippen LogP contribution in [0.4, 0.5) is 0 Å². The molecule has 3 aromatic carbocycles. The maximum absolute atomic E-state index is 13.4. The Hall–Kier alpha value is -4.40. The largest absolute Gasteiger partial charge is 0.508 e. The molecule has 210 valence electrons. The van der Waals surface area contributed by atoms with Gasteiger partial charge in [0.2, 0.25) is 0 Å². The number of aromatic hydroxyl groups is 1. The summed E-state index contributed by atoms with van der Waals surface area (Å²) in [6.07, 6.45) is -7.47. The molecule has 41 heavy (non-hydrogen) atoms. The van der Waals surface area contributed by atoms with Gasteiger partial charge in [0.1, 0.15) is 43.4 Å². The molecule has 0 spiro atoms. The Morgan fingerprint density at radius 3 is 2.32 bits per heavy atom. The van der Waals surface area contributed by atoms with Gasteiger partial charge in [0, 0.05) is 27.6 Å². The van der Waals surface area contributed by atoms with Crippen LogP contribution in [0, 0.1) is 0 Å². The number of phenols is 1. The van der Waals surface area contributed by atoms with Crippen molar-refractivity contribution < 1.29 is 49.3 Å². The summed E-state index contributed by atoms with van der Waals surface area (Å²) < 4.78 is 19.0. The number of aromatic amines is 1. The van der Waals surface area contributed by atoms with Crippen molar-refractivity contribution in [2.24, 2.45) is 0 Å². The minimum atomic E-state index is -1.67. The number of benzene rings is 3. The van der Waals surface area contributed by atoms with Gasteiger partial charge in [0.05, 0.1) is 39.8 Å². The zero-order chi connectivity index (χ0) is 28.3. The van der Waals surface area contributed by atoms with Crippen molar-refractivity contribution in [3.8, 4) is 17.2 Å². The summed E-state index contributed by atoms with van der Waals surface area (Å²) in [5, 5.41) is 56.6. The summed E-state index contributed by atoms with van der Waals surface area (Å²) in [6.45, 7) is 0.0696. The van der Waals surface area contributed by atoms with Crippen LogP contribution in [-0.4, -0.2) is 91.1 Å². The van der Waals surface area contributed by atoms with Crippen molar-refractivity contribution in [2.75, 3.05) is 19.8 Å². The number of aliphatic hydroxyl groups excluding tert-OH is 4. The molecule has 5 heterocycles. The van der Waals surface area contributed by atoms with Crippen molar-refractivity contribution in [1.29, 1.82) is 0 Å². The number of H-pyrrole nitrogens is 1. The highest BCUT2D eigenvalue weighted by molar-refractivity contribution is 6.39. The molecule has 7 N–H and O–H groups in total. The van der Waals surface area contributed by atoms with Gasteiger partial charge < -0.3 is 49.3 Å². The number of imide groups is 1. The summed E-state index contributed by atoms with van der Waals surface area (Å²) in [5.74, 6) is -0.366. The Morgan fingerprint density at radius 1 is 0.878 bits per heavy atom. The van der Waals surface area contributed by atoms with Crippen molar-refractivity contribution in [3.05, 3.63) is 41.5 Å². The first-order chi connectivity index (χ1) is 19.8. The van der Waals surface area contributed by atoms with Crippen LogP contribution in [0.15, 0.2) is 30.3 Å². The van der Waals surface area contributed by atoms with Crippen LogP contribution in [-0.2, 0) is 4.74 Å². The van der Waals surface area contributed by atoms with Gasteiger partial charge in [-0.2, -0.15) is 0 Å². The molecule has 0 bridgehead atoms. The van der Waals surface area contributed by atoms with E-state index in [0.717, 1.165) is 0 Å². The number of phenolic OH excluding ortho intramolecular Hbond substituents is 1. The minimum absolute atomic E-state index is 0.0761. The van der Waals surface area contributed by atoms with Crippen molar-refractivity contribution >= 4 is 55.4 Å². The molecule has 3 aliphatic rings. The third-order valence-corrected chi connectivity index (χ3v) is 8.24. The first-order valence-corrected chi connectivity index (χ1v) is 13.0. The average Bonchev–Trinajstić information content (AvgIpc) is 3.59. The fourth-order valence-corrected chi connectivity index (χ4v) is 6.46. The standard InChI is InChI=1S/C28H23N3O10/c32-8-16-23(34)24(35)25(36)28(41-16)31-13-2-1-9(33)5-11(13)18-20-19(26(37)30-27(20)38)17-10-6-14-15(40-4-3-39-14)7-12(10)29-21(17)22(18)31/h1-2,5-7,16,23-25,28-29,32-36H,3-4,8H2,(H,30,37,38)/t16-,23+,24-,25-,28?/m1/s1. The van der Waals surface area contributed by atoms with Crippen LogP contribution >= 0.6 is 0 Å². The van der Waals surface area contributed by atoms with E-state index < -0.39 is 49.1 Å². The highest BCUT2D eigenvalue weighted by Crippen LogP contribution is 2.48. The highest BCUT2D eigenvalue weighted by atomic mass is 16.6. The smallest absolute Gasteiger partial charge is 0.259 e. The SMILES string of the molecule is O=C1NC(=O)c2c1c1c3cc4c(cc3[nH]c1c1c2c2cc(O)ccc2n1C1O[C@H](CO)[C@H](O)[C@@H](O)[C@H]1O)OCCO4. The van der Waals surface area contributed by atoms with Crippen LogP contribution in [0.5, 0.6) is 17.2 Å². The molecule has 8 rings (SSSR count). The second-order valence-corrected chi connectivity index (χ2v) is 10.5. The predicted molar refractivity (Wildman–Crippen MR) is 142 cm³/mol. The van der Waals surface area contributed by atoms with E-state index in [1.165, 1.54) is 12.1 Å². The summed E-state index contributed by atoms with van der Waals surface area (Å²) >= 11 is 0. The lowest BCUT2D eigenvalue weighted by Crippen LogP contribution is -2.56. The molecule has 1 fully saturated rings. The molecule has 0 aliphatic carbocycles. The molecule has 2 amide bonds. The van der Waals surface area contributed by atoms with Gasteiger partial charge in [-0.15, -0.1) is 0 Å². The molecule has 5 aromatic rings. The van der Waals surface area contributed by atoms with E-state index >= 15 is 0 Å². The lowest BCUT2D eigenvalue weighted by atomic mass is 9.96. The maximum Gasteiger partial charge on any atom is 0.259 e. The van der Waals surface area contributed by atoms with Gasteiger partial charge in [-0.25, -0.2) is 0 Å². The summed E-state index contributed by atoms with van der Waals surface area (Å²) in [6, 6.07) is 7.88. The molecule has 13 heteroatoms. The topological polar surface area (TPSA) is 196 Å². The zero-order valence-corrected chi connectivity index (χ0v) is 21.1. The van der Waals surface area contributed by atoms with E-state index in [-0.39, 0.29) is 16.9 Å². The normalized spacial score (nSPS) is 25.9. The number of amides is 2. The van der Waals surface area contributed by atoms with Gasteiger partial charge in [-0.1, -0.05) is 0 Å². The Labute approximate surface area is 229 Å². The number of carbonyl (C=O) groups is 2. The number of carbonyl (C=O) groups excluding carboxylic acids is 2. The number of ether oxygens (including phenoxy) is 3. The van der Waals surface area contributed by atoms with E-state index in [1.54, 1.807) is 22.8 Å². The second-order valence-electron chi connectivity index (χ2n) is 10.5. The molecule has 0 radical (unpaired) electrons. The number of nitrogens with zero attached hydrogens (tertiary/aromatic N) is 1. The summed E-state index contributed by atoms with van der Waals surface area (Å²) in [4.78, 5) is 30.0. The predicted octanol–water partition coefficient (Wildman–Crippen LogP) is 0.762. The van der Waals surface area contributed by atoms with E-state index in [2.05, 4.69) is 10.3 Å². The Kier molecular flexibility index (Phi) is 4.95. The third kappa shape index (κ3) is 3.11. The van der Waals surface area contributed by atoms with Crippen LogP contribution in [0.3, 0.4) is 0 Å². The van der Waals surface area contributed by atoms with Gasteiger partial charge in [-0.3, -0.25) is 14.9 Å². The monoisotopic (exact) mass is 561 g/mol. The molecule has 1 unspecified atom stereocenters.